The van der Waals surface area contributed by atoms with Crippen LogP contribution in [0.2, 0.25) is 0 Å². The van der Waals surface area contributed by atoms with E-state index in [1.807, 2.05) is 6.92 Å². The van der Waals surface area contributed by atoms with Crippen molar-refractivity contribution in [3.05, 3.63) is 11.8 Å². The van der Waals surface area contributed by atoms with Crippen LogP contribution in [0.3, 0.4) is 0 Å². The number of aromatic nitrogens is 2. The van der Waals surface area contributed by atoms with E-state index in [4.69, 9.17) is 4.74 Å². The van der Waals surface area contributed by atoms with E-state index >= 15 is 0 Å². The minimum absolute atomic E-state index is 0.0683. The molecule has 0 aliphatic carbocycles. The fourth-order valence-electron chi connectivity index (χ4n) is 3.59. The maximum atomic E-state index is 12.5. The number of ether oxygens (including phenoxy) is 1. The number of nitrogens with zero attached hydrogens (tertiary/aromatic N) is 3. The third-order valence-corrected chi connectivity index (χ3v) is 4.61. The molecule has 1 aromatic rings. The van der Waals surface area contributed by atoms with Crippen LogP contribution < -0.4 is 4.90 Å². The highest BCUT2D eigenvalue weighted by Crippen LogP contribution is 2.49. The Morgan fingerprint density at radius 1 is 1.21 bits per heavy atom. The highest BCUT2D eigenvalue weighted by molar-refractivity contribution is 6.22. The second-order valence-electron chi connectivity index (χ2n) is 5.62. The first-order valence-corrected chi connectivity index (χ1v) is 6.62. The van der Waals surface area contributed by atoms with Gasteiger partial charge in [-0.3, -0.25) is 14.3 Å². The zero-order valence-corrected chi connectivity index (χ0v) is 10.9. The Morgan fingerprint density at radius 2 is 1.79 bits per heavy atom. The minimum atomic E-state index is -0.284. The molecule has 4 rings (SSSR count). The van der Waals surface area contributed by atoms with Gasteiger partial charge < -0.3 is 4.74 Å². The van der Waals surface area contributed by atoms with E-state index in [-0.39, 0.29) is 35.9 Å². The molecule has 2 amide bonds. The molecule has 3 fully saturated rings. The average molecular weight is 261 g/mol. The Morgan fingerprint density at radius 3 is 2.26 bits per heavy atom. The molecule has 2 bridgehead atoms. The fourth-order valence-corrected chi connectivity index (χ4v) is 3.59. The minimum Gasteiger partial charge on any atom is -0.373 e. The second kappa shape index (κ2) is 3.45. The normalized spacial score (nSPS) is 36.4. The lowest BCUT2D eigenvalue weighted by Gasteiger charge is -2.15. The number of carbonyl (C=O) groups excluding carboxylic acids is 2. The molecule has 0 saturated carbocycles. The first-order chi connectivity index (χ1) is 9.08. The van der Waals surface area contributed by atoms with Crippen molar-refractivity contribution in [3.63, 3.8) is 0 Å². The summed E-state index contributed by atoms with van der Waals surface area (Å²) in [6.45, 7) is 1.90. The van der Waals surface area contributed by atoms with Gasteiger partial charge in [0.2, 0.25) is 11.8 Å². The van der Waals surface area contributed by atoms with Crippen LogP contribution >= 0.6 is 0 Å². The van der Waals surface area contributed by atoms with E-state index in [9.17, 15) is 9.59 Å². The molecular weight excluding hydrogens is 246 g/mol. The van der Waals surface area contributed by atoms with Gasteiger partial charge in [-0.1, -0.05) is 0 Å². The zero-order valence-electron chi connectivity index (χ0n) is 10.9. The van der Waals surface area contributed by atoms with Crippen LogP contribution in [-0.2, 0) is 21.4 Å². The van der Waals surface area contributed by atoms with E-state index in [1.165, 1.54) is 4.90 Å². The number of hydrogen-bond donors (Lipinski definition) is 0. The topological polar surface area (TPSA) is 64.4 Å². The number of anilines is 1. The molecule has 19 heavy (non-hydrogen) atoms. The molecule has 0 aromatic carbocycles. The molecule has 4 heterocycles. The summed E-state index contributed by atoms with van der Waals surface area (Å²) in [5.41, 5.74) is 0.923. The lowest BCUT2D eigenvalue weighted by atomic mass is 9.81. The van der Waals surface area contributed by atoms with Gasteiger partial charge in [0, 0.05) is 18.8 Å². The van der Waals surface area contributed by atoms with Crippen molar-refractivity contribution in [2.24, 2.45) is 18.9 Å². The summed E-state index contributed by atoms with van der Waals surface area (Å²) >= 11 is 0. The van der Waals surface area contributed by atoms with Crippen LogP contribution in [0.1, 0.15) is 18.5 Å². The summed E-state index contributed by atoms with van der Waals surface area (Å²) in [5, 5.41) is 4.25. The summed E-state index contributed by atoms with van der Waals surface area (Å²) in [7, 11) is 1.80. The van der Waals surface area contributed by atoms with Crippen molar-refractivity contribution in [2.45, 2.75) is 32.0 Å². The van der Waals surface area contributed by atoms with E-state index in [1.54, 1.807) is 17.8 Å². The summed E-state index contributed by atoms with van der Waals surface area (Å²) in [5.74, 6) is -0.397. The number of rotatable bonds is 1. The predicted molar refractivity (Wildman–Crippen MR) is 65.3 cm³/mol. The molecular formula is C13H15N3O3. The number of carbonyl (C=O) groups is 2. The Bertz CT molecular complexity index is 546. The molecule has 0 unspecified atom stereocenters. The van der Waals surface area contributed by atoms with Gasteiger partial charge in [0.25, 0.3) is 0 Å². The van der Waals surface area contributed by atoms with Crippen LogP contribution in [0.4, 0.5) is 5.82 Å². The van der Waals surface area contributed by atoms with Crippen LogP contribution in [0, 0.1) is 18.8 Å². The van der Waals surface area contributed by atoms with Crippen molar-refractivity contribution in [1.29, 1.82) is 0 Å². The van der Waals surface area contributed by atoms with E-state index in [0.717, 1.165) is 18.5 Å². The monoisotopic (exact) mass is 261 g/mol. The molecule has 1 aromatic heterocycles. The molecule has 3 aliphatic rings. The Balaban J connectivity index is 1.75. The van der Waals surface area contributed by atoms with Crippen LogP contribution in [0.25, 0.3) is 0 Å². The summed E-state index contributed by atoms with van der Waals surface area (Å²) < 4.78 is 7.37. The Kier molecular flexibility index (Phi) is 2.02. The van der Waals surface area contributed by atoms with Gasteiger partial charge >= 0.3 is 0 Å². The number of fused-ring (bicyclic) bond motifs is 5. The zero-order chi connectivity index (χ0) is 13.3. The molecule has 6 heteroatoms. The predicted octanol–water partition coefficient (Wildman–Crippen LogP) is 0.395. The molecule has 0 radical (unpaired) electrons. The first kappa shape index (κ1) is 11.2. The summed E-state index contributed by atoms with van der Waals surface area (Å²) in [4.78, 5) is 26.2. The van der Waals surface area contributed by atoms with Crippen molar-refractivity contribution in [2.75, 3.05) is 4.90 Å². The maximum absolute atomic E-state index is 12.5. The molecule has 0 N–H and O–H groups in total. The van der Waals surface area contributed by atoms with Crippen molar-refractivity contribution in [3.8, 4) is 0 Å². The van der Waals surface area contributed by atoms with Gasteiger partial charge in [-0.2, -0.15) is 5.10 Å². The van der Waals surface area contributed by atoms with Gasteiger partial charge in [-0.15, -0.1) is 0 Å². The van der Waals surface area contributed by atoms with E-state index < -0.39 is 0 Å². The number of imide groups is 1. The van der Waals surface area contributed by atoms with E-state index in [0.29, 0.717) is 5.82 Å². The highest BCUT2D eigenvalue weighted by atomic mass is 16.5. The fraction of sp³-hybridized carbons (Fsp3) is 0.615. The molecule has 3 saturated heterocycles. The van der Waals surface area contributed by atoms with Gasteiger partial charge in [-0.05, 0) is 19.8 Å². The van der Waals surface area contributed by atoms with E-state index in [2.05, 4.69) is 5.10 Å². The third-order valence-electron chi connectivity index (χ3n) is 4.61. The quantitative estimate of drug-likeness (QED) is 0.686. The van der Waals surface area contributed by atoms with Gasteiger partial charge in [0.15, 0.2) is 5.82 Å². The van der Waals surface area contributed by atoms with Gasteiger partial charge in [-0.25, -0.2) is 4.90 Å². The maximum Gasteiger partial charge on any atom is 0.241 e. The van der Waals surface area contributed by atoms with Crippen LogP contribution in [0.15, 0.2) is 6.07 Å². The van der Waals surface area contributed by atoms with Gasteiger partial charge in [0.1, 0.15) is 0 Å². The SMILES string of the molecule is Cc1cc(N2C(=O)[C@@H]3[C@H](C2=O)[C@H]2CC[C@@H]3O2)nn1C. The number of hydrogen-bond acceptors (Lipinski definition) is 4. The second-order valence-corrected chi connectivity index (χ2v) is 5.62. The van der Waals surface area contributed by atoms with Crippen molar-refractivity contribution in [1.82, 2.24) is 9.78 Å². The summed E-state index contributed by atoms with van der Waals surface area (Å²) in [6, 6.07) is 1.78. The first-order valence-electron chi connectivity index (χ1n) is 6.62. The Hall–Kier alpha value is -1.69. The van der Waals surface area contributed by atoms with Crippen LogP contribution in [-0.4, -0.2) is 33.8 Å². The largest absolute Gasteiger partial charge is 0.373 e. The molecule has 3 aliphatic heterocycles. The van der Waals surface area contributed by atoms with Crippen molar-refractivity contribution >= 4 is 17.6 Å². The smallest absolute Gasteiger partial charge is 0.241 e. The van der Waals surface area contributed by atoms with Gasteiger partial charge in [0.05, 0.1) is 24.0 Å². The lowest BCUT2D eigenvalue weighted by molar-refractivity contribution is -0.124. The molecule has 0 spiro atoms. The Labute approximate surface area is 110 Å². The molecule has 100 valence electrons. The molecule has 6 nitrogen and oxygen atoms in total. The number of aryl methyl sites for hydroxylation is 2. The van der Waals surface area contributed by atoms with Crippen LogP contribution in [0.5, 0.6) is 0 Å². The molecule has 4 atom stereocenters. The standard InChI is InChI=1S/C13H15N3O3/c1-6-5-9(14-15(6)2)16-12(17)10-7-3-4-8(19-7)11(10)13(16)18/h5,7-8,10-11H,3-4H2,1-2H3/t7-,8+,10-,11+. The average Bonchev–Trinajstić information content (AvgIpc) is 3.07. The lowest BCUT2D eigenvalue weighted by Crippen LogP contribution is -2.34. The van der Waals surface area contributed by atoms with Crippen molar-refractivity contribution < 1.29 is 14.3 Å². The highest BCUT2D eigenvalue weighted by Gasteiger charge is 2.63. The third kappa shape index (κ3) is 1.27. The number of amides is 2. The summed E-state index contributed by atoms with van der Waals surface area (Å²) in [6.07, 6.45) is 1.64.